The number of rotatable bonds is 12. The first-order valence-corrected chi connectivity index (χ1v) is 13.5. The predicted molar refractivity (Wildman–Crippen MR) is 148 cm³/mol. The van der Waals surface area contributed by atoms with Crippen molar-refractivity contribution >= 4 is 39.2 Å². The lowest BCUT2D eigenvalue weighted by Crippen LogP contribution is -2.23. The molecule has 2 aromatic heterocycles. The minimum Gasteiger partial charge on any atom is -0.469 e. The van der Waals surface area contributed by atoms with Gasteiger partial charge in [-0.2, -0.15) is 0 Å². The number of fused-ring (bicyclic) bond motifs is 1. The first kappa shape index (κ1) is 28.8. The van der Waals surface area contributed by atoms with Crippen LogP contribution in [-0.4, -0.2) is 36.3 Å². The Kier molecular flexibility index (Phi) is 9.55. The fourth-order valence-corrected chi connectivity index (χ4v) is 5.06. The Balaban J connectivity index is 1.39. The van der Waals surface area contributed by atoms with Gasteiger partial charge in [0.05, 0.1) is 22.2 Å². The number of hydrogen-bond acceptors (Lipinski definition) is 7. The van der Waals surface area contributed by atoms with Crippen molar-refractivity contribution in [2.75, 3.05) is 13.7 Å². The second-order valence-corrected chi connectivity index (χ2v) is 10.3. The van der Waals surface area contributed by atoms with Crippen molar-refractivity contribution in [1.82, 2.24) is 10.3 Å². The highest BCUT2D eigenvalue weighted by Gasteiger charge is 2.16. The molecule has 0 unspecified atom stereocenters. The van der Waals surface area contributed by atoms with E-state index < -0.39 is 11.6 Å². The molecule has 0 saturated heterocycles. The van der Waals surface area contributed by atoms with E-state index in [0.717, 1.165) is 5.56 Å². The van der Waals surface area contributed by atoms with Gasteiger partial charge in [-0.3, -0.25) is 19.4 Å². The Labute approximate surface area is 234 Å². The number of carbonyl (C=O) groups is 3. The van der Waals surface area contributed by atoms with Crippen molar-refractivity contribution in [2.24, 2.45) is 0 Å². The monoisotopic (exact) mass is 566 g/mol. The maximum absolute atomic E-state index is 14.9. The molecule has 10 heteroatoms. The summed E-state index contributed by atoms with van der Waals surface area (Å²) < 4.78 is 40.0. The van der Waals surface area contributed by atoms with E-state index in [1.54, 1.807) is 30.3 Å². The number of ether oxygens (including phenoxy) is 2. The van der Waals surface area contributed by atoms with Crippen LogP contribution in [0.15, 0.2) is 54.7 Å². The summed E-state index contributed by atoms with van der Waals surface area (Å²) in [7, 11) is 1.34. The third kappa shape index (κ3) is 7.47. The number of aromatic nitrogens is 1. The van der Waals surface area contributed by atoms with Gasteiger partial charge in [0.25, 0.3) is 5.91 Å². The first-order valence-electron chi connectivity index (χ1n) is 12.7. The number of nitrogens with zero attached hydrogens (tertiary/aromatic N) is 1. The number of Topliss-reactive ketones (excluding diaryl/α,β-unsaturated/α-hetero) is 1. The molecule has 0 aliphatic rings. The van der Waals surface area contributed by atoms with Crippen LogP contribution in [0.2, 0.25) is 0 Å². The number of esters is 1. The highest BCUT2D eigenvalue weighted by molar-refractivity contribution is 7.21. The van der Waals surface area contributed by atoms with Gasteiger partial charge in [0.2, 0.25) is 0 Å². The number of methoxy groups -OCH3 is 1. The summed E-state index contributed by atoms with van der Waals surface area (Å²) in [4.78, 5) is 41.0. The summed E-state index contributed by atoms with van der Waals surface area (Å²) in [6.45, 7) is 2.22. The molecule has 0 aliphatic carbocycles. The Morgan fingerprint density at radius 3 is 2.52 bits per heavy atom. The minimum absolute atomic E-state index is 0.123. The number of unbranched alkanes of at least 4 members (excludes halogenated alkanes) is 1. The van der Waals surface area contributed by atoms with E-state index in [9.17, 15) is 23.2 Å². The molecule has 2 heterocycles. The lowest BCUT2D eigenvalue weighted by molar-refractivity contribution is -0.140. The number of hydrogen-bond donors (Lipinski definition) is 1. The number of ketones is 1. The second-order valence-electron chi connectivity index (χ2n) is 9.27. The summed E-state index contributed by atoms with van der Waals surface area (Å²) in [5.74, 6) is -1.30. The van der Waals surface area contributed by atoms with Crippen LogP contribution >= 0.6 is 11.3 Å². The highest BCUT2D eigenvalue weighted by Crippen LogP contribution is 2.35. The minimum atomic E-state index is -0.612. The van der Waals surface area contributed by atoms with Crippen molar-refractivity contribution in [3.8, 4) is 11.5 Å². The average molecular weight is 567 g/mol. The number of amides is 1. The summed E-state index contributed by atoms with van der Waals surface area (Å²) in [6.07, 6.45) is 2.77. The molecule has 0 atom stereocenters. The molecule has 2 aromatic carbocycles. The van der Waals surface area contributed by atoms with Crippen LogP contribution in [0.5, 0.6) is 11.5 Å². The van der Waals surface area contributed by atoms with Crippen LogP contribution in [0, 0.1) is 18.6 Å². The Bertz CT molecular complexity index is 1550. The van der Waals surface area contributed by atoms with E-state index in [-0.39, 0.29) is 47.4 Å². The molecular weight excluding hydrogens is 538 g/mol. The van der Waals surface area contributed by atoms with Crippen LogP contribution in [0.3, 0.4) is 0 Å². The molecule has 0 spiro atoms. The number of thiophene rings is 1. The predicted octanol–water partition coefficient (Wildman–Crippen LogP) is 6.10. The number of halogens is 2. The van der Waals surface area contributed by atoms with Gasteiger partial charge in [-0.1, -0.05) is 23.8 Å². The van der Waals surface area contributed by atoms with Crippen LogP contribution < -0.4 is 10.1 Å². The molecule has 4 aromatic rings. The Morgan fingerprint density at radius 2 is 1.75 bits per heavy atom. The molecule has 208 valence electrons. The second kappa shape index (κ2) is 13.3. The third-order valence-corrected chi connectivity index (χ3v) is 7.29. The van der Waals surface area contributed by atoms with Crippen molar-refractivity contribution in [3.05, 3.63) is 87.9 Å². The lowest BCUT2D eigenvalue weighted by atomic mass is 10.0. The maximum atomic E-state index is 14.9. The lowest BCUT2D eigenvalue weighted by Gasteiger charge is -2.09. The van der Waals surface area contributed by atoms with Gasteiger partial charge in [-0.05, 0) is 49.1 Å². The van der Waals surface area contributed by atoms with Gasteiger partial charge in [-0.25, -0.2) is 8.78 Å². The quantitative estimate of drug-likeness (QED) is 0.164. The number of aryl methyl sites for hydroxylation is 1. The summed E-state index contributed by atoms with van der Waals surface area (Å²) in [5, 5.41) is 2.82. The fourth-order valence-electron chi connectivity index (χ4n) is 4.08. The molecule has 0 aliphatic heterocycles. The van der Waals surface area contributed by atoms with E-state index in [1.807, 2.05) is 6.92 Å². The summed E-state index contributed by atoms with van der Waals surface area (Å²) in [6, 6.07) is 12.1. The molecule has 7 nitrogen and oxygen atoms in total. The smallest absolute Gasteiger partial charge is 0.305 e. The topological polar surface area (TPSA) is 94.6 Å². The molecule has 1 amide bonds. The van der Waals surface area contributed by atoms with E-state index in [1.165, 1.54) is 42.8 Å². The summed E-state index contributed by atoms with van der Waals surface area (Å²) in [5.41, 5.74) is 1.87. The van der Waals surface area contributed by atoms with Gasteiger partial charge in [-0.15, -0.1) is 11.3 Å². The first-order chi connectivity index (χ1) is 19.2. The Morgan fingerprint density at radius 1 is 0.950 bits per heavy atom. The van der Waals surface area contributed by atoms with Gasteiger partial charge in [0.1, 0.15) is 28.9 Å². The van der Waals surface area contributed by atoms with Crippen LogP contribution in [0.1, 0.15) is 45.6 Å². The van der Waals surface area contributed by atoms with Crippen molar-refractivity contribution in [2.45, 2.75) is 39.0 Å². The van der Waals surface area contributed by atoms with Crippen LogP contribution in [-0.2, 0) is 27.2 Å². The zero-order chi connectivity index (χ0) is 28.6. The van der Waals surface area contributed by atoms with Crippen molar-refractivity contribution < 1.29 is 32.6 Å². The maximum Gasteiger partial charge on any atom is 0.305 e. The summed E-state index contributed by atoms with van der Waals surface area (Å²) >= 11 is 1.20. The molecule has 0 fully saturated rings. The number of benzene rings is 2. The molecule has 0 saturated carbocycles. The van der Waals surface area contributed by atoms with E-state index in [0.29, 0.717) is 46.7 Å². The molecule has 40 heavy (non-hydrogen) atoms. The molecule has 0 radical (unpaired) electrons. The van der Waals surface area contributed by atoms with E-state index in [4.69, 9.17) is 4.74 Å². The van der Waals surface area contributed by atoms with Gasteiger partial charge < -0.3 is 14.8 Å². The van der Waals surface area contributed by atoms with Crippen molar-refractivity contribution in [3.63, 3.8) is 0 Å². The molecular formula is C30H28F2N2O5S. The molecule has 1 N–H and O–H groups in total. The SMILES string of the molecule is COC(=O)CCCCNC(=O)c1cc2nccc(Oc3ccc(CC(=O)Cc4cc(C)ccc4F)c(F)c3)c2s1. The molecule has 4 rings (SSSR count). The van der Waals surface area contributed by atoms with E-state index in [2.05, 4.69) is 15.0 Å². The largest absolute Gasteiger partial charge is 0.469 e. The van der Waals surface area contributed by atoms with Gasteiger partial charge >= 0.3 is 5.97 Å². The Hall–Kier alpha value is -4.18. The van der Waals surface area contributed by atoms with E-state index >= 15 is 0 Å². The number of nitrogens with one attached hydrogen (secondary N) is 1. The van der Waals surface area contributed by atoms with Gasteiger partial charge in [0, 0.05) is 44.1 Å². The highest BCUT2D eigenvalue weighted by atomic mass is 32.1. The van der Waals surface area contributed by atoms with Crippen LogP contribution in [0.4, 0.5) is 8.78 Å². The normalized spacial score (nSPS) is 10.9. The van der Waals surface area contributed by atoms with Crippen LogP contribution in [0.25, 0.3) is 10.2 Å². The standard InChI is InChI=1S/C30H28F2N2O5S/c1-18-6-9-23(31)20(13-18)15-21(35)14-19-7-8-22(16-24(19)32)39-26-10-12-33-25-17-27(40-29(25)26)30(37)34-11-4-3-5-28(36)38-2/h6-10,12-13,16-17H,3-5,11,14-15H2,1-2H3,(H,34,37). The molecule has 0 bridgehead atoms. The average Bonchev–Trinajstić information content (AvgIpc) is 3.37. The third-order valence-electron chi connectivity index (χ3n) is 6.15. The zero-order valence-electron chi connectivity index (χ0n) is 22.1. The number of pyridine rings is 1. The van der Waals surface area contributed by atoms with Crippen molar-refractivity contribution in [1.29, 1.82) is 0 Å². The fraction of sp³-hybridized carbons (Fsp3) is 0.267. The number of carbonyl (C=O) groups excluding carboxylic acids is 3. The van der Waals surface area contributed by atoms with Gasteiger partial charge in [0.15, 0.2) is 0 Å². The zero-order valence-corrected chi connectivity index (χ0v) is 22.9.